The monoisotopic (exact) mass is 364 g/mol. The van der Waals surface area contributed by atoms with Crippen molar-refractivity contribution in [2.45, 2.75) is 19.3 Å². The van der Waals surface area contributed by atoms with E-state index in [0.717, 1.165) is 79.1 Å². The maximum Gasteiger partial charge on any atom is 0.153 e. The van der Waals surface area contributed by atoms with E-state index in [0.29, 0.717) is 5.56 Å². The third-order valence-corrected chi connectivity index (χ3v) is 5.85. The summed E-state index contributed by atoms with van der Waals surface area (Å²) in [6.07, 6.45) is 6.13. The Hall–Kier alpha value is -2.73. The molecule has 0 atom stereocenters. The van der Waals surface area contributed by atoms with Crippen LogP contribution in [0.25, 0.3) is 21.8 Å². The van der Waals surface area contributed by atoms with Gasteiger partial charge in [-0.25, -0.2) is 4.98 Å². The molecule has 0 spiro atoms. The second-order valence-electron chi connectivity index (χ2n) is 7.40. The van der Waals surface area contributed by atoms with Crippen molar-refractivity contribution in [1.29, 1.82) is 0 Å². The third-order valence-electron chi connectivity index (χ3n) is 5.85. The first kappa shape index (κ1) is 17.7. The van der Waals surface area contributed by atoms with Crippen LogP contribution >= 0.6 is 0 Å². The number of carbonyl (C=O) groups is 2. The number of hydrogen-bond donors (Lipinski definition) is 2. The molecule has 0 radical (unpaired) electrons. The zero-order valence-electron chi connectivity index (χ0n) is 15.5. The number of nitrogens with one attached hydrogen (secondary N) is 2. The van der Waals surface area contributed by atoms with Gasteiger partial charge in [0.05, 0.1) is 16.5 Å². The quantitative estimate of drug-likeness (QED) is 0.658. The van der Waals surface area contributed by atoms with E-state index in [1.165, 1.54) is 0 Å². The summed E-state index contributed by atoms with van der Waals surface area (Å²) >= 11 is 0. The zero-order valence-corrected chi connectivity index (χ0v) is 15.5. The van der Waals surface area contributed by atoms with E-state index < -0.39 is 0 Å². The molecule has 0 saturated carbocycles. The molecule has 0 bridgehead atoms. The molecule has 6 heteroatoms. The number of H-pyrrole nitrogens is 1. The molecule has 1 aliphatic rings. The highest BCUT2D eigenvalue weighted by Crippen LogP contribution is 2.38. The van der Waals surface area contributed by atoms with Gasteiger partial charge in [0.15, 0.2) is 6.29 Å². The van der Waals surface area contributed by atoms with Gasteiger partial charge in [-0.1, -0.05) is 18.2 Å². The van der Waals surface area contributed by atoms with Crippen molar-refractivity contribution in [1.82, 2.24) is 15.3 Å². The summed E-state index contributed by atoms with van der Waals surface area (Å²) in [5, 5.41) is 5.21. The molecule has 3 heterocycles. The molecule has 1 fully saturated rings. The van der Waals surface area contributed by atoms with Crippen molar-refractivity contribution in [2.75, 3.05) is 31.6 Å². The molecule has 140 valence electrons. The first-order chi connectivity index (χ1) is 13.2. The van der Waals surface area contributed by atoms with Crippen LogP contribution in [0.2, 0.25) is 0 Å². The summed E-state index contributed by atoms with van der Waals surface area (Å²) in [5.74, 6) is 0.890. The van der Waals surface area contributed by atoms with E-state index >= 15 is 0 Å². The van der Waals surface area contributed by atoms with Crippen LogP contribution in [-0.4, -0.2) is 49.2 Å². The van der Waals surface area contributed by atoms with Crippen LogP contribution in [0.4, 0.5) is 5.82 Å². The highest BCUT2D eigenvalue weighted by molar-refractivity contribution is 6.16. The summed E-state index contributed by atoms with van der Waals surface area (Å²) in [4.78, 5) is 33.5. The molecule has 1 saturated heterocycles. The van der Waals surface area contributed by atoms with Gasteiger partial charge in [0, 0.05) is 35.6 Å². The Morgan fingerprint density at radius 1 is 1.26 bits per heavy atom. The van der Waals surface area contributed by atoms with Crippen molar-refractivity contribution >= 4 is 40.2 Å². The van der Waals surface area contributed by atoms with Crippen molar-refractivity contribution in [3.05, 3.63) is 36.0 Å². The normalized spacial score (nSPS) is 16.7. The molecule has 0 unspecified atom stereocenters. The lowest BCUT2D eigenvalue weighted by Crippen LogP contribution is -2.42. The number of aromatic amines is 1. The van der Waals surface area contributed by atoms with Gasteiger partial charge < -0.3 is 20.0 Å². The molecule has 2 N–H and O–H groups in total. The maximum atomic E-state index is 11.8. The Morgan fingerprint density at radius 3 is 2.74 bits per heavy atom. The number of benzene rings is 1. The van der Waals surface area contributed by atoms with Gasteiger partial charge in [-0.3, -0.25) is 4.79 Å². The smallest absolute Gasteiger partial charge is 0.153 e. The number of aromatic nitrogens is 2. The molecule has 1 aliphatic heterocycles. The number of nitrogens with zero attached hydrogens (tertiary/aromatic N) is 2. The van der Waals surface area contributed by atoms with Crippen LogP contribution < -0.4 is 10.2 Å². The predicted molar refractivity (Wildman–Crippen MR) is 107 cm³/mol. The average molecular weight is 364 g/mol. The molecule has 2 aromatic heterocycles. The van der Waals surface area contributed by atoms with Gasteiger partial charge in [0.25, 0.3) is 0 Å². The Morgan fingerprint density at radius 2 is 2.04 bits per heavy atom. The molecule has 6 nitrogen and oxygen atoms in total. The van der Waals surface area contributed by atoms with Crippen molar-refractivity contribution in [3.63, 3.8) is 0 Å². The second-order valence-corrected chi connectivity index (χ2v) is 7.40. The molecule has 4 rings (SSSR count). The van der Waals surface area contributed by atoms with Crippen LogP contribution in [0, 0.1) is 5.41 Å². The minimum absolute atomic E-state index is 0.248. The lowest BCUT2D eigenvalue weighted by Gasteiger charge is -2.39. The Balaban J connectivity index is 1.73. The topological polar surface area (TPSA) is 78.1 Å². The molecular formula is C21H24N4O2. The van der Waals surface area contributed by atoms with Gasteiger partial charge in [-0.05, 0) is 38.9 Å². The van der Waals surface area contributed by atoms with Crippen LogP contribution in [0.5, 0.6) is 0 Å². The fourth-order valence-electron chi connectivity index (χ4n) is 4.14. The number of rotatable bonds is 6. The molecular weight excluding hydrogens is 340 g/mol. The minimum Gasteiger partial charge on any atom is -0.356 e. The van der Waals surface area contributed by atoms with E-state index in [1.807, 2.05) is 25.2 Å². The van der Waals surface area contributed by atoms with Crippen molar-refractivity contribution in [2.24, 2.45) is 5.41 Å². The molecule has 0 aliphatic carbocycles. The highest BCUT2D eigenvalue weighted by atomic mass is 16.1. The fraction of sp³-hybridized carbons (Fsp3) is 0.381. The summed E-state index contributed by atoms with van der Waals surface area (Å²) in [6, 6.07) is 8.05. The minimum atomic E-state index is -0.248. The SMILES string of the molecule is CNCCC1(C=O)CCN(c2ncc(C=O)c3[nH]c4ccccc4c23)CC1. The van der Waals surface area contributed by atoms with Crippen molar-refractivity contribution < 1.29 is 9.59 Å². The Kier molecular flexibility index (Phi) is 4.66. The summed E-state index contributed by atoms with van der Waals surface area (Å²) < 4.78 is 0. The lowest BCUT2D eigenvalue weighted by atomic mass is 9.77. The molecule has 0 amide bonds. The van der Waals surface area contributed by atoms with Gasteiger partial charge in [0.1, 0.15) is 12.1 Å². The number of fused-ring (bicyclic) bond motifs is 3. The van der Waals surface area contributed by atoms with Crippen LogP contribution in [0.15, 0.2) is 30.5 Å². The van der Waals surface area contributed by atoms with Gasteiger partial charge >= 0.3 is 0 Å². The fourth-order valence-corrected chi connectivity index (χ4v) is 4.14. The van der Waals surface area contributed by atoms with E-state index in [4.69, 9.17) is 0 Å². The maximum absolute atomic E-state index is 11.8. The Labute approximate surface area is 157 Å². The van der Waals surface area contributed by atoms with Gasteiger partial charge in [-0.2, -0.15) is 0 Å². The third kappa shape index (κ3) is 3.00. The first-order valence-electron chi connectivity index (χ1n) is 9.42. The van der Waals surface area contributed by atoms with Crippen LogP contribution in [0.1, 0.15) is 29.6 Å². The number of aldehydes is 2. The number of hydrogen-bond acceptors (Lipinski definition) is 5. The van der Waals surface area contributed by atoms with Gasteiger partial charge in [0.2, 0.25) is 0 Å². The summed E-state index contributed by atoms with van der Waals surface area (Å²) in [7, 11) is 1.92. The zero-order chi connectivity index (χ0) is 18.9. The standard InChI is InChI=1S/C21H24N4O2/c1-22-9-6-21(14-27)7-10-25(11-8-21)20-18-16-4-2-3-5-17(16)24-19(18)15(13-26)12-23-20/h2-5,12-14,22,24H,6-11H2,1H3. The summed E-state index contributed by atoms with van der Waals surface area (Å²) in [6.45, 7) is 2.41. The van der Waals surface area contributed by atoms with Crippen LogP contribution in [0.3, 0.4) is 0 Å². The Bertz CT molecular complexity index is 986. The largest absolute Gasteiger partial charge is 0.356 e. The number of pyridine rings is 1. The van der Waals surface area contributed by atoms with Crippen molar-refractivity contribution in [3.8, 4) is 0 Å². The van der Waals surface area contributed by atoms with E-state index in [1.54, 1.807) is 6.20 Å². The second kappa shape index (κ2) is 7.12. The molecule has 1 aromatic carbocycles. The summed E-state index contributed by atoms with van der Waals surface area (Å²) in [5.41, 5.74) is 2.15. The highest BCUT2D eigenvalue weighted by Gasteiger charge is 2.35. The van der Waals surface area contributed by atoms with E-state index in [-0.39, 0.29) is 5.41 Å². The number of piperidine rings is 1. The lowest BCUT2D eigenvalue weighted by molar-refractivity contribution is -0.117. The molecule has 27 heavy (non-hydrogen) atoms. The average Bonchev–Trinajstić information content (AvgIpc) is 3.12. The first-order valence-corrected chi connectivity index (χ1v) is 9.42. The number of para-hydroxylation sites is 1. The molecule has 3 aromatic rings. The van der Waals surface area contributed by atoms with Gasteiger partial charge in [-0.15, -0.1) is 0 Å². The van der Waals surface area contributed by atoms with E-state index in [2.05, 4.69) is 26.3 Å². The van der Waals surface area contributed by atoms with Crippen LogP contribution in [-0.2, 0) is 4.79 Å². The number of anilines is 1. The predicted octanol–water partition coefficient (Wildman–Crippen LogP) is 2.92. The van der Waals surface area contributed by atoms with E-state index in [9.17, 15) is 9.59 Å². The number of carbonyl (C=O) groups excluding carboxylic acids is 2.